The van der Waals surface area contributed by atoms with E-state index in [1.165, 1.54) is 0 Å². The van der Waals surface area contributed by atoms with E-state index in [4.69, 9.17) is 9.84 Å². The van der Waals surface area contributed by atoms with Crippen molar-refractivity contribution in [1.29, 1.82) is 0 Å². The Hall–Kier alpha value is -1.95. The maximum absolute atomic E-state index is 10.8. The zero-order valence-corrected chi connectivity index (χ0v) is 11.6. The first-order valence-corrected chi connectivity index (χ1v) is 6.39. The van der Waals surface area contributed by atoms with Crippen LogP contribution in [0.25, 0.3) is 0 Å². The highest BCUT2D eigenvalue weighted by Gasteiger charge is 2.13. The minimum Gasteiger partial charge on any atom is -0.493 e. The molecule has 1 aromatic carbocycles. The monoisotopic (exact) mass is 260 g/mol. The van der Waals surface area contributed by atoms with Gasteiger partial charge in [-0.15, -0.1) is 5.92 Å². The van der Waals surface area contributed by atoms with Crippen molar-refractivity contribution >= 4 is 5.97 Å². The molecule has 1 aromatic rings. The molecular formula is C16H20O3. The molecule has 0 aliphatic heterocycles. The maximum atomic E-state index is 10.8. The lowest BCUT2D eigenvalue weighted by atomic mass is 9.96. The summed E-state index contributed by atoms with van der Waals surface area (Å²) in [6.07, 6.45) is 0.0209. The smallest absolute Gasteiger partial charge is 0.304 e. The average molecular weight is 260 g/mol. The second kappa shape index (κ2) is 7.48. The van der Waals surface area contributed by atoms with Crippen LogP contribution in [0, 0.1) is 17.8 Å². The van der Waals surface area contributed by atoms with Gasteiger partial charge in [0.2, 0.25) is 0 Å². The lowest BCUT2D eigenvalue weighted by Crippen LogP contribution is -2.06. The van der Waals surface area contributed by atoms with Gasteiger partial charge in [-0.05, 0) is 30.5 Å². The number of hydrogen-bond donors (Lipinski definition) is 1. The standard InChI is InChI=1S/C16H20O3/c1-4-5-14(10-16(17)18)13-6-8-15(9-7-13)19-11-12(2)3/h6-9,12,14H,10-11H2,1-3H3,(H,17,18)/t14-/m0/s1. The third-order valence-corrected chi connectivity index (χ3v) is 2.56. The zero-order chi connectivity index (χ0) is 14.3. The Kier molecular flexibility index (Phi) is 5.95. The summed E-state index contributed by atoms with van der Waals surface area (Å²) in [6.45, 7) is 6.57. The van der Waals surface area contributed by atoms with Crippen LogP contribution in [-0.4, -0.2) is 17.7 Å². The molecule has 0 amide bonds. The van der Waals surface area contributed by atoms with Crippen LogP contribution < -0.4 is 4.74 Å². The van der Waals surface area contributed by atoms with Crippen LogP contribution in [0.4, 0.5) is 0 Å². The Bertz CT molecular complexity index is 463. The van der Waals surface area contributed by atoms with Crippen LogP contribution in [0.15, 0.2) is 24.3 Å². The molecule has 0 aliphatic rings. The largest absolute Gasteiger partial charge is 0.493 e. The Labute approximate surface area is 114 Å². The summed E-state index contributed by atoms with van der Waals surface area (Å²) in [6, 6.07) is 7.50. The van der Waals surface area contributed by atoms with E-state index in [1.54, 1.807) is 6.92 Å². The Morgan fingerprint density at radius 1 is 1.32 bits per heavy atom. The lowest BCUT2D eigenvalue weighted by Gasteiger charge is -2.11. The molecule has 0 spiro atoms. The van der Waals surface area contributed by atoms with Gasteiger partial charge < -0.3 is 9.84 Å². The summed E-state index contributed by atoms with van der Waals surface area (Å²) in [5, 5.41) is 8.88. The van der Waals surface area contributed by atoms with Crippen molar-refractivity contribution in [2.45, 2.75) is 33.1 Å². The molecule has 0 unspecified atom stereocenters. The third kappa shape index (κ3) is 5.48. The molecular weight excluding hydrogens is 240 g/mol. The van der Waals surface area contributed by atoms with Crippen molar-refractivity contribution in [2.24, 2.45) is 5.92 Å². The van der Waals surface area contributed by atoms with E-state index in [0.29, 0.717) is 12.5 Å². The first-order chi connectivity index (χ1) is 9.02. The SMILES string of the molecule is CC#C[C@@H](CC(=O)O)c1ccc(OCC(C)C)cc1. The average Bonchev–Trinajstić information content (AvgIpc) is 2.36. The van der Waals surface area contributed by atoms with E-state index in [9.17, 15) is 4.79 Å². The summed E-state index contributed by atoms with van der Waals surface area (Å²) in [5.74, 6) is 5.89. The molecule has 1 rings (SSSR count). The predicted molar refractivity (Wildman–Crippen MR) is 75.2 cm³/mol. The van der Waals surface area contributed by atoms with E-state index in [1.807, 2.05) is 24.3 Å². The second-order valence-corrected chi connectivity index (χ2v) is 4.82. The summed E-state index contributed by atoms with van der Waals surface area (Å²) in [7, 11) is 0. The van der Waals surface area contributed by atoms with Crippen molar-refractivity contribution in [3.8, 4) is 17.6 Å². The number of benzene rings is 1. The molecule has 0 radical (unpaired) electrons. The zero-order valence-electron chi connectivity index (χ0n) is 11.6. The third-order valence-electron chi connectivity index (χ3n) is 2.56. The first kappa shape index (κ1) is 15.1. The molecule has 19 heavy (non-hydrogen) atoms. The van der Waals surface area contributed by atoms with Gasteiger partial charge in [0.1, 0.15) is 5.75 Å². The number of rotatable bonds is 6. The molecule has 1 N–H and O–H groups in total. The molecule has 0 aliphatic carbocycles. The highest BCUT2D eigenvalue weighted by atomic mass is 16.5. The van der Waals surface area contributed by atoms with E-state index in [-0.39, 0.29) is 12.3 Å². The van der Waals surface area contributed by atoms with Gasteiger partial charge in [-0.25, -0.2) is 0 Å². The molecule has 102 valence electrons. The van der Waals surface area contributed by atoms with Gasteiger partial charge >= 0.3 is 5.97 Å². The summed E-state index contributed by atoms with van der Waals surface area (Å²) in [4.78, 5) is 10.8. The van der Waals surface area contributed by atoms with Crippen molar-refractivity contribution in [1.82, 2.24) is 0 Å². The van der Waals surface area contributed by atoms with Crippen LogP contribution in [0.5, 0.6) is 5.75 Å². The minimum atomic E-state index is -0.840. The second-order valence-electron chi connectivity index (χ2n) is 4.82. The predicted octanol–water partition coefficient (Wildman–Crippen LogP) is 3.30. The molecule has 0 saturated heterocycles. The Balaban J connectivity index is 2.76. The van der Waals surface area contributed by atoms with Gasteiger partial charge in [-0.1, -0.05) is 31.9 Å². The van der Waals surface area contributed by atoms with E-state index in [0.717, 1.165) is 11.3 Å². The molecule has 0 saturated carbocycles. The van der Waals surface area contributed by atoms with Crippen molar-refractivity contribution in [3.05, 3.63) is 29.8 Å². The quantitative estimate of drug-likeness (QED) is 0.798. The number of carboxylic acid groups (broad SMARTS) is 1. The molecule has 0 fully saturated rings. The molecule has 0 bridgehead atoms. The van der Waals surface area contributed by atoms with Crippen LogP contribution in [0.3, 0.4) is 0 Å². The number of aliphatic carboxylic acids is 1. The molecule has 0 heterocycles. The fourth-order valence-electron chi connectivity index (χ4n) is 1.66. The molecule has 3 heteroatoms. The fourth-order valence-corrected chi connectivity index (χ4v) is 1.66. The van der Waals surface area contributed by atoms with Crippen LogP contribution in [0.1, 0.15) is 38.7 Å². The van der Waals surface area contributed by atoms with E-state index >= 15 is 0 Å². The number of ether oxygens (including phenoxy) is 1. The van der Waals surface area contributed by atoms with Crippen LogP contribution >= 0.6 is 0 Å². The molecule has 1 atom stereocenters. The Morgan fingerprint density at radius 3 is 2.42 bits per heavy atom. The van der Waals surface area contributed by atoms with E-state index < -0.39 is 5.97 Å². The number of hydrogen-bond acceptors (Lipinski definition) is 2. The normalized spacial score (nSPS) is 11.6. The van der Waals surface area contributed by atoms with Gasteiger partial charge in [-0.2, -0.15) is 0 Å². The van der Waals surface area contributed by atoms with Crippen LogP contribution in [0.2, 0.25) is 0 Å². The summed E-state index contributed by atoms with van der Waals surface area (Å²) >= 11 is 0. The Morgan fingerprint density at radius 2 is 1.95 bits per heavy atom. The topological polar surface area (TPSA) is 46.5 Å². The molecule has 0 aromatic heterocycles. The van der Waals surface area contributed by atoms with Gasteiger partial charge in [0.25, 0.3) is 0 Å². The summed E-state index contributed by atoms with van der Waals surface area (Å²) < 4.78 is 5.59. The van der Waals surface area contributed by atoms with Crippen molar-refractivity contribution in [2.75, 3.05) is 6.61 Å². The maximum Gasteiger partial charge on any atom is 0.304 e. The van der Waals surface area contributed by atoms with Gasteiger partial charge in [0, 0.05) is 0 Å². The van der Waals surface area contributed by atoms with Crippen LogP contribution in [-0.2, 0) is 4.79 Å². The fraction of sp³-hybridized carbons (Fsp3) is 0.438. The highest BCUT2D eigenvalue weighted by Crippen LogP contribution is 2.22. The lowest BCUT2D eigenvalue weighted by molar-refractivity contribution is -0.137. The van der Waals surface area contributed by atoms with E-state index in [2.05, 4.69) is 25.7 Å². The minimum absolute atomic E-state index is 0.0209. The van der Waals surface area contributed by atoms with Gasteiger partial charge in [0.05, 0.1) is 18.9 Å². The number of carbonyl (C=O) groups is 1. The number of carboxylic acids is 1. The molecule has 3 nitrogen and oxygen atoms in total. The van der Waals surface area contributed by atoms with Crippen molar-refractivity contribution in [3.63, 3.8) is 0 Å². The van der Waals surface area contributed by atoms with Gasteiger partial charge in [0.15, 0.2) is 0 Å². The first-order valence-electron chi connectivity index (χ1n) is 6.39. The van der Waals surface area contributed by atoms with Crippen molar-refractivity contribution < 1.29 is 14.6 Å². The highest BCUT2D eigenvalue weighted by molar-refractivity contribution is 5.69. The van der Waals surface area contributed by atoms with Gasteiger partial charge in [-0.3, -0.25) is 4.79 Å². The summed E-state index contributed by atoms with van der Waals surface area (Å²) in [5.41, 5.74) is 0.911.